The predicted octanol–water partition coefficient (Wildman–Crippen LogP) is 3.40. The Balaban J connectivity index is 2.03. The van der Waals surface area contributed by atoms with E-state index < -0.39 is 21.1 Å². The molecule has 1 aromatic heterocycles. The summed E-state index contributed by atoms with van der Waals surface area (Å²) in [5.74, 6) is -1.04. The number of rotatable bonds is 6. The molecule has 2 aromatic carbocycles. The van der Waals surface area contributed by atoms with Crippen LogP contribution in [0.25, 0.3) is 21.9 Å². The molecule has 27 heavy (non-hydrogen) atoms. The van der Waals surface area contributed by atoms with Crippen molar-refractivity contribution < 1.29 is 22.7 Å². The van der Waals surface area contributed by atoms with E-state index in [-0.39, 0.29) is 22.1 Å². The van der Waals surface area contributed by atoms with Gasteiger partial charge in [-0.25, -0.2) is 13.2 Å². The van der Waals surface area contributed by atoms with Crippen LogP contribution in [0.3, 0.4) is 0 Å². The molecule has 0 fully saturated rings. The predicted molar refractivity (Wildman–Crippen MR) is 104 cm³/mol. The summed E-state index contributed by atoms with van der Waals surface area (Å²) in [5, 5.41) is 9.26. The number of hydrogen-bond donors (Lipinski definition) is 1. The van der Waals surface area contributed by atoms with Gasteiger partial charge in [-0.05, 0) is 56.5 Å². The Morgan fingerprint density at radius 3 is 2.56 bits per heavy atom. The van der Waals surface area contributed by atoms with E-state index >= 15 is 0 Å². The number of hydrogen-bond acceptors (Lipinski definition) is 5. The number of fused-ring (bicyclic) bond motifs is 2. The smallest absolute Gasteiger partial charge is 0.335 e. The molecule has 0 aliphatic heterocycles. The first kappa shape index (κ1) is 19.1. The lowest BCUT2D eigenvalue weighted by atomic mass is 10.0. The molecule has 0 spiro atoms. The van der Waals surface area contributed by atoms with Crippen molar-refractivity contribution in [1.82, 2.24) is 0 Å². The quantitative estimate of drug-likeness (QED) is 0.650. The zero-order valence-electron chi connectivity index (χ0n) is 15.1. The molecule has 7 heteroatoms. The summed E-state index contributed by atoms with van der Waals surface area (Å²) >= 11 is 0. The third-order valence-electron chi connectivity index (χ3n) is 4.62. The summed E-state index contributed by atoms with van der Waals surface area (Å²) < 4.78 is 29.8. The fourth-order valence-corrected chi connectivity index (χ4v) is 3.98. The van der Waals surface area contributed by atoms with E-state index in [2.05, 4.69) is 0 Å². The second-order valence-electron chi connectivity index (χ2n) is 6.76. The topological polar surface area (TPSA) is 102 Å². The molecule has 0 saturated heterocycles. The lowest BCUT2D eigenvalue weighted by molar-refractivity contribution is 0.0697. The van der Waals surface area contributed by atoms with E-state index in [1.54, 1.807) is 26.0 Å². The second-order valence-corrected chi connectivity index (χ2v) is 9.44. The van der Waals surface area contributed by atoms with E-state index in [0.717, 1.165) is 5.56 Å². The van der Waals surface area contributed by atoms with Crippen LogP contribution in [0.15, 0.2) is 45.6 Å². The van der Waals surface area contributed by atoms with Gasteiger partial charge in [0.15, 0.2) is 9.84 Å². The Morgan fingerprint density at radius 1 is 1.15 bits per heavy atom. The van der Waals surface area contributed by atoms with Crippen molar-refractivity contribution in [2.45, 2.75) is 31.9 Å². The van der Waals surface area contributed by atoms with Crippen LogP contribution >= 0.6 is 0 Å². The van der Waals surface area contributed by atoms with Gasteiger partial charge in [-0.2, -0.15) is 0 Å². The van der Waals surface area contributed by atoms with Gasteiger partial charge in [-0.3, -0.25) is 4.79 Å². The number of carboxylic acids is 1. The first-order valence-corrected chi connectivity index (χ1v) is 10.4. The molecule has 0 radical (unpaired) electrons. The minimum atomic E-state index is -3.13. The maximum Gasteiger partial charge on any atom is 0.335 e. The Kier molecular flexibility index (Phi) is 5.06. The summed E-state index contributed by atoms with van der Waals surface area (Å²) in [6.45, 7) is 3.31. The molecule has 1 N–H and O–H groups in total. The molecule has 3 aromatic rings. The number of benzene rings is 2. The Labute approximate surface area is 156 Å². The molecule has 0 saturated carbocycles. The summed E-state index contributed by atoms with van der Waals surface area (Å²) in [6, 6.07) is 9.33. The average molecular weight is 388 g/mol. The van der Waals surface area contributed by atoms with Crippen LogP contribution in [0, 0.1) is 0 Å². The van der Waals surface area contributed by atoms with Crippen LogP contribution in [-0.2, 0) is 16.3 Å². The van der Waals surface area contributed by atoms with Crippen LogP contribution in [0.1, 0.15) is 36.2 Å². The second kappa shape index (κ2) is 7.15. The highest BCUT2D eigenvalue weighted by Crippen LogP contribution is 2.24. The third kappa shape index (κ3) is 3.73. The number of carbonyl (C=O) groups is 1. The lowest BCUT2D eigenvalue weighted by Crippen LogP contribution is -2.18. The molecule has 142 valence electrons. The average Bonchev–Trinajstić information content (AvgIpc) is 2.62. The molecule has 0 aliphatic carbocycles. The van der Waals surface area contributed by atoms with E-state index in [9.17, 15) is 18.0 Å². The molecule has 1 heterocycles. The first-order valence-electron chi connectivity index (χ1n) is 8.64. The summed E-state index contributed by atoms with van der Waals surface area (Å²) in [5.41, 5.74) is 1.20. The van der Waals surface area contributed by atoms with E-state index in [1.165, 1.54) is 18.2 Å². The van der Waals surface area contributed by atoms with Crippen molar-refractivity contribution in [2.24, 2.45) is 0 Å². The number of sulfone groups is 1. The van der Waals surface area contributed by atoms with Crippen molar-refractivity contribution in [3.8, 4) is 0 Å². The normalized spacial score (nSPS) is 12.1. The van der Waals surface area contributed by atoms with Crippen molar-refractivity contribution in [1.29, 1.82) is 0 Å². The van der Waals surface area contributed by atoms with Gasteiger partial charge < -0.3 is 9.52 Å². The Morgan fingerprint density at radius 2 is 1.89 bits per heavy atom. The van der Waals surface area contributed by atoms with Gasteiger partial charge in [0.2, 0.25) is 5.43 Å². The largest absolute Gasteiger partial charge is 0.478 e. The van der Waals surface area contributed by atoms with Crippen LogP contribution in [-0.4, -0.2) is 30.5 Å². The van der Waals surface area contributed by atoms with Gasteiger partial charge in [-0.15, -0.1) is 0 Å². The number of aromatic carboxylic acids is 1. The van der Waals surface area contributed by atoms with Gasteiger partial charge >= 0.3 is 5.97 Å². The highest BCUT2D eigenvalue weighted by molar-refractivity contribution is 7.91. The maximum absolute atomic E-state index is 12.8. The van der Waals surface area contributed by atoms with Crippen LogP contribution in [0.5, 0.6) is 0 Å². The molecule has 0 amide bonds. The zero-order valence-corrected chi connectivity index (χ0v) is 15.9. The van der Waals surface area contributed by atoms with Gasteiger partial charge in [0, 0.05) is 0 Å². The molecule has 0 aliphatic rings. The number of aryl methyl sites for hydroxylation is 1. The minimum Gasteiger partial charge on any atom is -0.478 e. The van der Waals surface area contributed by atoms with Crippen molar-refractivity contribution in [2.75, 3.05) is 5.75 Å². The standard InChI is InChI=1S/C20H20O6S/c1-12(2)27(24,25)10-4-6-13-5-3-7-15-18(21)16-11-14(20(22)23)8-9-17(16)26-19(13)15/h3,5,7-9,11-12H,4,6,10H2,1-2H3,(H,22,23). The number of para-hydroxylation sites is 1. The SMILES string of the molecule is CC(C)S(=O)(=O)CCCc1cccc2c(=O)c3cc(C(=O)O)ccc3oc12. The molecule has 6 nitrogen and oxygen atoms in total. The van der Waals surface area contributed by atoms with E-state index in [4.69, 9.17) is 9.52 Å². The minimum absolute atomic E-state index is 0.0178. The molecular formula is C20H20O6S. The van der Waals surface area contributed by atoms with Crippen LogP contribution in [0.2, 0.25) is 0 Å². The van der Waals surface area contributed by atoms with Gasteiger partial charge in [-0.1, -0.05) is 12.1 Å². The summed E-state index contributed by atoms with van der Waals surface area (Å²) in [6.07, 6.45) is 0.893. The number of carboxylic acid groups (broad SMARTS) is 1. The third-order valence-corrected chi connectivity index (χ3v) is 6.91. The van der Waals surface area contributed by atoms with Crippen LogP contribution < -0.4 is 5.43 Å². The van der Waals surface area contributed by atoms with E-state index in [0.29, 0.717) is 29.4 Å². The zero-order chi connectivity index (χ0) is 19.8. The van der Waals surface area contributed by atoms with Gasteiger partial charge in [0.25, 0.3) is 0 Å². The molecular weight excluding hydrogens is 368 g/mol. The fraction of sp³-hybridized carbons (Fsp3) is 0.300. The van der Waals surface area contributed by atoms with Gasteiger partial charge in [0.05, 0.1) is 27.3 Å². The first-order chi connectivity index (χ1) is 12.7. The van der Waals surface area contributed by atoms with Crippen molar-refractivity contribution >= 4 is 37.7 Å². The van der Waals surface area contributed by atoms with Gasteiger partial charge in [0.1, 0.15) is 11.2 Å². The maximum atomic E-state index is 12.8. The van der Waals surface area contributed by atoms with E-state index in [1.807, 2.05) is 6.07 Å². The lowest BCUT2D eigenvalue weighted by Gasteiger charge is -2.09. The molecule has 0 atom stereocenters. The molecule has 0 unspecified atom stereocenters. The van der Waals surface area contributed by atoms with Crippen LogP contribution in [0.4, 0.5) is 0 Å². The summed E-state index contributed by atoms with van der Waals surface area (Å²) in [7, 11) is -3.13. The summed E-state index contributed by atoms with van der Waals surface area (Å²) in [4.78, 5) is 23.9. The molecule has 0 bridgehead atoms. The van der Waals surface area contributed by atoms with Crippen molar-refractivity contribution in [3.05, 3.63) is 57.7 Å². The Hall–Kier alpha value is -2.67. The highest BCUT2D eigenvalue weighted by Gasteiger charge is 2.17. The Bertz CT molecular complexity index is 1190. The highest BCUT2D eigenvalue weighted by atomic mass is 32.2. The fourth-order valence-electron chi connectivity index (χ4n) is 2.97. The monoisotopic (exact) mass is 388 g/mol. The van der Waals surface area contributed by atoms with Crippen molar-refractivity contribution in [3.63, 3.8) is 0 Å². The molecule has 3 rings (SSSR count).